The topological polar surface area (TPSA) is 16.4 Å². The second kappa shape index (κ2) is 13.0. The SMILES string of the molecule is CC1(C)c2ccccc2-c2ccc(N(c3ccc(-c4cccc5c4oc4cc(-c6ccccc6)c6ccccc6c45)cc3)c3cccc(-c4ccccc4)c3)cc21. The van der Waals surface area contributed by atoms with E-state index in [1.54, 1.807) is 0 Å². The quantitative estimate of drug-likeness (QED) is 0.169. The first-order valence-electron chi connectivity index (χ1n) is 19.8. The van der Waals surface area contributed by atoms with Crippen LogP contribution in [0.25, 0.3) is 77.2 Å². The zero-order chi connectivity index (χ0) is 38.1. The Morgan fingerprint density at radius 1 is 0.368 bits per heavy atom. The number of furan rings is 1. The number of hydrogen-bond acceptors (Lipinski definition) is 2. The van der Waals surface area contributed by atoms with E-state index in [1.165, 1.54) is 55.3 Å². The van der Waals surface area contributed by atoms with Crippen molar-refractivity contribution < 1.29 is 4.42 Å². The van der Waals surface area contributed by atoms with Crippen LogP contribution in [0, 0.1) is 0 Å². The van der Waals surface area contributed by atoms with Gasteiger partial charge in [-0.15, -0.1) is 0 Å². The van der Waals surface area contributed by atoms with Gasteiger partial charge in [-0.05, 0) is 103 Å². The molecule has 0 saturated carbocycles. The van der Waals surface area contributed by atoms with Crippen LogP contribution in [0.4, 0.5) is 17.1 Å². The van der Waals surface area contributed by atoms with Crippen LogP contribution in [0.2, 0.25) is 0 Å². The molecule has 0 N–H and O–H groups in total. The molecule has 270 valence electrons. The number of benzene rings is 9. The van der Waals surface area contributed by atoms with Crippen molar-refractivity contribution in [1.82, 2.24) is 0 Å². The lowest BCUT2D eigenvalue weighted by Gasteiger charge is -2.28. The first-order valence-corrected chi connectivity index (χ1v) is 19.8. The number of rotatable bonds is 6. The largest absolute Gasteiger partial charge is 0.455 e. The molecule has 0 radical (unpaired) electrons. The monoisotopic (exact) mass is 729 g/mol. The molecule has 0 amide bonds. The van der Waals surface area contributed by atoms with Crippen LogP contribution in [-0.2, 0) is 5.41 Å². The first kappa shape index (κ1) is 33.2. The van der Waals surface area contributed by atoms with Crippen molar-refractivity contribution in [3.63, 3.8) is 0 Å². The molecule has 57 heavy (non-hydrogen) atoms. The molecule has 0 bridgehead atoms. The molecule has 1 aromatic heterocycles. The van der Waals surface area contributed by atoms with Crippen molar-refractivity contribution in [2.75, 3.05) is 4.90 Å². The molecule has 0 saturated heterocycles. The number of anilines is 3. The van der Waals surface area contributed by atoms with E-state index in [0.717, 1.165) is 50.1 Å². The third-order valence-electron chi connectivity index (χ3n) is 12.1. The lowest BCUT2D eigenvalue weighted by atomic mass is 9.82. The Kier molecular flexibility index (Phi) is 7.55. The highest BCUT2D eigenvalue weighted by atomic mass is 16.3. The van der Waals surface area contributed by atoms with Crippen LogP contribution in [0.1, 0.15) is 25.0 Å². The summed E-state index contributed by atoms with van der Waals surface area (Å²) >= 11 is 0. The van der Waals surface area contributed by atoms with Crippen LogP contribution >= 0.6 is 0 Å². The fraction of sp³-hybridized carbons (Fsp3) is 0.0545. The summed E-state index contributed by atoms with van der Waals surface area (Å²) in [4.78, 5) is 2.40. The van der Waals surface area contributed by atoms with Crippen LogP contribution in [0.15, 0.2) is 205 Å². The summed E-state index contributed by atoms with van der Waals surface area (Å²) in [6.07, 6.45) is 0. The van der Waals surface area contributed by atoms with E-state index >= 15 is 0 Å². The average molecular weight is 730 g/mol. The zero-order valence-corrected chi connectivity index (χ0v) is 31.9. The van der Waals surface area contributed by atoms with Crippen molar-refractivity contribution in [3.8, 4) is 44.5 Å². The lowest BCUT2D eigenvalue weighted by molar-refractivity contribution is 0.660. The lowest BCUT2D eigenvalue weighted by Crippen LogP contribution is -2.16. The molecular weight excluding hydrogens is 691 g/mol. The third-order valence-corrected chi connectivity index (χ3v) is 12.1. The highest BCUT2D eigenvalue weighted by Gasteiger charge is 2.35. The van der Waals surface area contributed by atoms with Crippen molar-refractivity contribution in [2.45, 2.75) is 19.3 Å². The van der Waals surface area contributed by atoms with Gasteiger partial charge in [-0.25, -0.2) is 0 Å². The van der Waals surface area contributed by atoms with Crippen molar-refractivity contribution in [2.24, 2.45) is 0 Å². The smallest absolute Gasteiger partial charge is 0.143 e. The van der Waals surface area contributed by atoms with E-state index in [9.17, 15) is 0 Å². The van der Waals surface area contributed by atoms with E-state index in [1.807, 2.05) is 0 Å². The van der Waals surface area contributed by atoms with E-state index in [2.05, 4.69) is 219 Å². The van der Waals surface area contributed by atoms with Crippen LogP contribution in [0.3, 0.4) is 0 Å². The van der Waals surface area contributed by atoms with Gasteiger partial charge < -0.3 is 9.32 Å². The van der Waals surface area contributed by atoms with E-state index in [-0.39, 0.29) is 5.41 Å². The third kappa shape index (κ3) is 5.33. The Morgan fingerprint density at radius 2 is 0.947 bits per heavy atom. The summed E-state index contributed by atoms with van der Waals surface area (Å²) in [5.74, 6) is 0. The summed E-state index contributed by atoms with van der Waals surface area (Å²) in [6.45, 7) is 4.70. The summed E-state index contributed by atoms with van der Waals surface area (Å²) in [7, 11) is 0. The van der Waals surface area contributed by atoms with Gasteiger partial charge >= 0.3 is 0 Å². The minimum absolute atomic E-state index is 0.109. The molecular formula is C55H39NO. The molecule has 0 atom stereocenters. The summed E-state index contributed by atoms with van der Waals surface area (Å²) in [5.41, 5.74) is 17.3. The molecule has 0 unspecified atom stereocenters. The zero-order valence-electron chi connectivity index (χ0n) is 31.9. The highest BCUT2D eigenvalue weighted by molar-refractivity contribution is 6.23. The molecule has 1 aliphatic rings. The molecule has 0 aliphatic heterocycles. The Balaban J connectivity index is 1.05. The van der Waals surface area contributed by atoms with Crippen LogP contribution in [-0.4, -0.2) is 0 Å². The Morgan fingerprint density at radius 3 is 1.75 bits per heavy atom. The maximum absolute atomic E-state index is 6.86. The predicted octanol–water partition coefficient (Wildman–Crippen LogP) is 15.5. The second-order valence-electron chi connectivity index (χ2n) is 15.7. The van der Waals surface area contributed by atoms with Gasteiger partial charge in [0.1, 0.15) is 11.2 Å². The fourth-order valence-corrected chi connectivity index (χ4v) is 9.27. The number of fused-ring (bicyclic) bond motifs is 8. The maximum atomic E-state index is 6.86. The van der Waals surface area contributed by atoms with E-state index in [4.69, 9.17) is 4.42 Å². The van der Waals surface area contributed by atoms with E-state index in [0.29, 0.717) is 0 Å². The molecule has 2 nitrogen and oxygen atoms in total. The standard InChI is InChI=1S/C55H39NO/c1-55(2)50-26-12-11-22-45(50)46-32-31-42(34-51(46)55)56(41-20-13-19-39(33-41)36-15-5-3-6-16-36)40-29-27-38(28-30-40)43-24-14-25-48-53-47-23-10-9-21-44(47)49(35-52(53)57-54(43)48)37-17-7-4-8-18-37/h3-35H,1-2H3. The highest BCUT2D eigenvalue weighted by Crippen LogP contribution is 2.51. The Bertz CT molecular complexity index is 3140. The predicted molar refractivity (Wildman–Crippen MR) is 240 cm³/mol. The molecule has 2 heteroatoms. The normalized spacial score (nSPS) is 12.9. The summed E-state index contributed by atoms with van der Waals surface area (Å²) < 4.78 is 6.86. The van der Waals surface area contributed by atoms with Gasteiger partial charge in [0.25, 0.3) is 0 Å². The maximum Gasteiger partial charge on any atom is 0.143 e. The fourth-order valence-electron chi connectivity index (χ4n) is 9.27. The molecule has 0 fully saturated rings. The molecule has 1 heterocycles. The molecule has 9 aromatic carbocycles. The first-order chi connectivity index (χ1) is 28.0. The number of nitrogens with zero attached hydrogens (tertiary/aromatic N) is 1. The summed E-state index contributed by atoms with van der Waals surface area (Å²) in [6, 6.07) is 72.4. The van der Waals surface area contributed by atoms with Gasteiger partial charge in [-0.3, -0.25) is 0 Å². The van der Waals surface area contributed by atoms with Gasteiger partial charge in [0.2, 0.25) is 0 Å². The van der Waals surface area contributed by atoms with Crippen molar-refractivity contribution in [3.05, 3.63) is 211 Å². The van der Waals surface area contributed by atoms with Crippen molar-refractivity contribution >= 4 is 49.8 Å². The van der Waals surface area contributed by atoms with Gasteiger partial charge in [-0.1, -0.05) is 172 Å². The minimum Gasteiger partial charge on any atom is -0.455 e. The van der Waals surface area contributed by atoms with Gasteiger partial charge in [-0.2, -0.15) is 0 Å². The van der Waals surface area contributed by atoms with Crippen LogP contribution in [0.5, 0.6) is 0 Å². The summed E-state index contributed by atoms with van der Waals surface area (Å²) in [5, 5.41) is 4.71. The van der Waals surface area contributed by atoms with Gasteiger partial charge in [0.05, 0.1) is 0 Å². The second-order valence-corrected chi connectivity index (χ2v) is 15.7. The Hall–Kier alpha value is -7.16. The molecule has 1 aliphatic carbocycles. The van der Waals surface area contributed by atoms with Gasteiger partial charge in [0.15, 0.2) is 0 Å². The molecule has 0 spiro atoms. The van der Waals surface area contributed by atoms with Gasteiger partial charge in [0, 0.05) is 38.8 Å². The van der Waals surface area contributed by atoms with Crippen LogP contribution < -0.4 is 4.90 Å². The Labute approximate surface area is 332 Å². The van der Waals surface area contributed by atoms with E-state index < -0.39 is 0 Å². The average Bonchev–Trinajstić information content (AvgIpc) is 3.76. The van der Waals surface area contributed by atoms with Crippen molar-refractivity contribution in [1.29, 1.82) is 0 Å². The molecule has 11 rings (SSSR count). The minimum atomic E-state index is -0.109. The number of para-hydroxylation sites is 1. The molecule has 10 aromatic rings. The number of hydrogen-bond donors (Lipinski definition) is 0.